The Labute approximate surface area is 188 Å². The summed E-state index contributed by atoms with van der Waals surface area (Å²) in [5.41, 5.74) is 6.27. The monoisotopic (exact) mass is 429 g/mol. The summed E-state index contributed by atoms with van der Waals surface area (Å²) >= 11 is 0. The highest BCUT2D eigenvalue weighted by Gasteiger charge is 2.28. The molecule has 4 heterocycles. The highest BCUT2D eigenvalue weighted by Crippen LogP contribution is 2.31. The van der Waals surface area contributed by atoms with Gasteiger partial charge in [0.1, 0.15) is 0 Å². The number of rotatable bonds is 4. The number of aryl methyl sites for hydroxylation is 3. The van der Waals surface area contributed by atoms with Gasteiger partial charge >= 0.3 is 0 Å². The van der Waals surface area contributed by atoms with Crippen molar-refractivity contribution in [3.63, 3.8) is 0 Å². The predicted octanol–water partition coefficient (Wildman–Crippen LogP) is 4.91. The molecule has 1 atom stereocenters. The molecule has 6 nitrogen and oxygen atoms in total. The Hall–Kier alpha value is -3.15. The third-order valence-electron chi connectivity index (χ3n) is 7.01. The van der Waals surface area contributed by atoms with Crippen LogP contribution in [0.25, 0.3) is 16.6 Å². The molecule has 4 aromatic rings. The van der Waals surface area contributed by atoms with Crippen molar-refractivity contribution in [2.75, 3.05) is 6.54 Å². The normalized spacial score (nSPS) is 17.2. The Balaban J connectivity index is 1.41. The zero-order valence-corrected chi connectivity index (χ0v) is 19.2. The number of fused-ring (bicyclic) bond motifs is 3. The van der Waals surface area contributed by atoms with E-state index in [-0.39, 0.29) is 11.9 Å². The first kappa shape index (κ1) is 20.7. The van der Waals surface area contributed by atoms with Crippen molar-refractivity contribution in [3.8, 4) is 0 Å². The van der Waals surface area contributed by atoms with E-state index in [0.717, 1.165) is 52.9 Å². The number of nitrogens with zero attached hydrogens (tertiary/aromatic N) is 5. The third-order valence-corrected chi connectivity index (χ3v) is 7.01. The minimum absolute atomic E-state index is 0.171. The van der Waals surface area contributed by atoms with Crippen molar-refractivity contribution in [1.29, 1.82) is 0 Å². The van der Waals surface area contributed by atoms with E-state index in [4.69, 9.17) is 10.1 Å². The maximum absolute atomic E-state index is 13.4. The van der Waals surface area contributed by atoms with Crippen LogP contribution in [0.3, 0.4) is 0 Å². The fourth-order valence-electron chi connectivity index (χ4n) is 5.25. The summed E-state index contributed by atoms with van der Waals surface area (Å²) in [6, 6.07) is 12.5. The summed E-state index contributed by atoms with van der Waals surface area (Å²) in [5.74, 6) is 0.239. The molecule has 3 aromatic heterocycles. The summed E-state index contributed by atoms with van der Waals surface area (Å²) in [5, 5.41) is 5.82. The molecule has 1 saturated heterocycles. The van der Waals surface area contributed by atoms with Crippen LogP contribution in [0.4, 0.5) is 0 Å². The van der Waals surface area contributed by atoms with E-state index in [1.165, 1.54) is 18.5 Å². The van der Waals surface area contributed by atoms with Crippen molar-refractivity contribution >= 4 is 22.5 Å². The van der Waals surface area contributed by atoms with E-state index in [1.54, 1.807) is 0 Å². The second kappa shape index (κ2) is 8.41. The number of hydrogen-bond acceptors (Lipinski definition) is 3. The number of carbonyl (C=O) groups excluding carboxylic acids is 1. The van der Waals surface area contributed by atoms with Crippen molar-refractivity contribution < 1.29 is 4.79 Å². The number of likely N-dealkylation sites (tertiary alicyclic amines) is 1. The largest absolute Gasteiger partial charge is 0.353 e. The van der Waals surface area contributed by atoms with Crippen LogP contribution >= 0.6 is 0 Å². The second-order valence-corrected chi connectivity index (χ2v) is 9.01. The molecule has 1 amide bonds. The first-order valence-corrected chi connectivity index (χ1v) is 11.7. The summed E-state index contributed by atoms with van der Waals surface area (Å²) in [6.07, 6.45) is 7.74. The van der Waals surface area contributed by atoms with E-state index >= 15 is 0 Å². The lowest BCUT2D eigenvalue weighted by Gasteiger charge is -2.31. The van der Waals surface area contributed by atoms with Crippen molar-refractivity contribution in [2.24, 2.45) is 7.05 Å². The molecule has 1 aliphatic heterocycles. The van der Waals surface area contributed by atoms with Crippen LogP contribution in [0.15, 0.2) is 42.6 Å². The molecule has 0 bridgehead atoms. The molecule has 0 N–H and O–H groups in total. The van der Waals surface area contributed by atoms with Crippen LogP contribution in [-0.2, 0) is 18.3 Å². The van der Waals surface area contributed by atoms with E-state index in [1.807, 2.05) is 29.6 Å². The number of carbonyl (C=O) groups is 1. The standard InChI is InChI=1S/C26H31N5O/c1-18-20(19(2)31-26(27-18)21-10-6-7-11-22(21)28-31)14-15-25(32)30-17-8-4-5-12-24(30)23-13-9-16-29(23)3/h6-7,9-11,13,16,24H,4-5,8,12,14-15,17H2,1-3H3. The maximum atomic E-state index is 13.4. The Bertz CT molecular complexity index is 1280. The smallest absolute Gasteiger partial charge is 0.223 e. The van der Waals surface area contributed by atoms with Gasteiger partial charge in [-0.25, -0.2) is 9.50 Å². The SMILES string of the molecule is Cc1nc2c3ccccc3nn2c(C)c1CCC(=O)N1CCCCCC1c1cccn1C. The van der Waals surface area contributed by atoms with Crippen LogP contribution in [0.5, 0.6) is 0 Å². The molecule has 1 aliphatic rings. The van der Waals surface area contributed by atoms with Gasteiger partial charge in [0.05, 0.1) is 11.6 Å². The van der Waals surface area contributed by atoms with Gasteiger partial charge in [0.2, 0.25) is 5.91 Å². The van der Waals surface area contributed by atoms with E-state index < -0.39 is 0 Å². The average molecular weight is 430 g/mol. The molecule has 0 saturated carbocycles. The Morgan fingerprint density at radius 1 is 1.09 bits per heavy atom. The second-order valence-electron chi connectivity index (χ2n) is 9.01. The molecule has 1 aromatic carbocycles. The molecule has 0 spiro atoms. The zero-order chi connectivity index (χ0) is 22.2. The predicted molar refractivity (Wildman–Crippen MR) is 127 cm³/mol. The van der Waals surface area contributed by atoms with Crippen LogP contribution < -0.4 is 0 Å². The van der Waals surface area contributed by atoms with Crippen molar-refractivity contribution in [3.05, 3.63) is 65.2 Å². The van der Waals surface area contributed by atoms with Gasteiger partial charge in [-0.3, -0.25) is 4.79 Å². The lowest BCUT2D eigenvalue weighted by Crippen LogP contribution is -2.35. The van der Waals surface area contributed by atoms with Crippen LogP contribution in [0.2, 0.25) is 0 Å². The zero-order valence-electron chi connectivity index (χ0n) is 19.2. The molecular formula is C26H31N5O. The molecule has 0 radical (unpaired) electrons. The first-order chi connectivity index (χ1) is 15.5. The van der Waals surface area contributed by atoms with Gasteiger partial charge in [-0.15, -0.1) is 0 Å². The van der Waals surface area contributed by atoms with Gasteiger partial charge in [0, 0.05) is 48.7 Å². The van der Waals surface area contributed by atoms with Crippen molar-refractivity contribution in [2.45, 2.75) is 58.4 Å². The highest BCUT2D eigenvalue weighted by molar-refractivity contribution is 5.92. The van der Waals surface area contributed by atoms with E-state index in [0.29, 0.717) is 12.8 Å². The van der Waals surface area contributed by atoms with Crippen molar-refractivity contribution in [1.82, 2.24) is 24.1 Å². The van der Waals surface area contributed by atoms with Gasteiger partial charge in [-0.2, -0.15) is 5.10 Å². The molecular weight excluding hydrogens is 398 g/mol. The third kappa shape index (κ3) is 3.57. The Morgan fingerprint density at radius 2 is 1.94 bits per heavy atom. The van der Waals surface area contributed by atoms with Gasteiger partial charge in [0.15, 0.2) is 5.65 Å². The minimum atomic E-state index is 0.171. The van der Waals surface area contributed by atoms with Crippen LogP contribution in [-0.4, -0.2) is 36.5 Å². The molecule has 5 rings (SSSR count). The van der Waals surface area contributed by atoms with Gasteiger partial charge in [0.25, 0.3) is 0 Å². The van der Waals surface area contributed by atoms with E-state index in [9.17, 15) is 4.79 Å². The molecule has 1 unspecified atom stereocenters. The fourth-order valence-corrected chi connectivity index (χ4v) is 5.25. The summed E-state index contributed by atoms with van der Waals surface area (Å²) in [4.78, 5) is 20.4. The van der Waals surface area contributed by atoms with Crippen LogP contribution in [0, 0.1) is 13.8 Å². The Kier molecular flexibility index (Phi) is 5.45. The average Bonchev–Trinajstić information content (AvgIpc) is 3.28. The van der Waals surface area contributed by atoms with Gasteiger partial charge in [-0.05, 0) is 62.9 Å². The van der Waals surface area contributed by atoms with E-state index in [2.05, 4.69) is 47.8 Å². The number of hydrogen-bond donors (Lipinski definition) is 0. The quantitative estimate of drug-likeness (QED) is 0.463. The summed E-state index contributed by atoms with van der Waals surface area (Å²) < 4.78 is 4.10. The topological polar surface area (TPSA) is 55.4 Å². The van der Waals surface area contributed by atoms with Gasteiger partial charge in [-0.1, -0.05) is 25.0 Å². The molecule has 166 valence electrons. The lowest BCUT2D eigenvalue weighted by atomic mass is 10.0. The first-order valence-electron chi connectivity index (χ1n) is 11.7. The molecule has 1 fully saturated rings. The molecule has 0 aliphatic carbocycles. The highest BCUT2D eigenvalue weighted by atomic mass is 16.2. The lowest BCUT2D eigenvalue weighted by molar-refractivity contribution is -0.133. The maximum Gasteiger partial charge on any atom is 0.223 e. The molecule has 32 heavy (non-hydrogen) atoms. The minimum Gasteiger partial charge on any atom is -0.353 e. The summed E-state index contributed by atoms with van der Waals surface area (Å²) in [6.45, 7) is 4.98. The number of aromatic nitrogens is 4. The van der Waals surface area contributed by atoms with Crippen LogP contribution in [0.1, 0.15) is 60.8 Å². The number of benzene rings is 1. The number of amides is 1. The summed E-state index contributed by atoms with van der Waals surface area (Å²) in [7, 11) is 2.07. The fraction of sp³-hybridized carbons (Fsp3) is 0.423. The molecule has 6 heteroatoms. The Morgan fingerprint density at radius 3 is 2.75 bits per heavy atom. The van der Waals surface area contributed by atoms with Gasteiger partial charge < -0.3 is 9.47 Å².